The quantitative estimate of drug-likeness (QED) is 0.623. The van der Waals surface area contributed by atoms with Crippen molar-refractivity contribution in [2.45, 2.75) is 45.1 Å². The molecule has 0 aromatic carbocycles. The van der Waals surface area contributed by atoms with Gasteiger partial charge in [-0.2, -0.15) is 0 Å². The second kappa shape index (κ2) is 9.07. The van der Waals surface area contributed by atoms with E-state index in [0.29, 0.717) is 17.2 Å². The first-order chi connectivity index (χ1) is 15.0. The predicted octanol–water partition coefficient (Wildman–Crippen LogP) is 4.94. The van der Waals surface area contributed by atoms with Crippen LogP contribution in [0, 0.1) is 12.7 Å². The van der Waals surface area contributed by atoms with Gasteiger partial charge in [0.2, 0.25) is 0 Å². The highest BCUT2D eigenvalue weighted by molar-refractivity contribution is 6.03. The molecule has 0 aliphatic heterocycles. The molecule has 0 radical (unpaired) electrons. The third-order valence-electron chi connectivity index (χ3n) is 5.56. The van der Waals surface area contributed by atoms with Crippen molar-refractivity contribution in [1.29, 1.82) is 0 Å². The Morgan fingerprint density at radius 3 is 2.68 bits per heavy atom. The van der Waals surface area contributed by atoms with Crippen molar-refractivity contribution in [2.24, 2.45) is 0 Å². The number of anilines is 3. The number of carbonyl (C=O) groups is 1. The summed E-state index contributed by atoms with van der Waals surface area (Å²) in [7, 11) is 0. The second-order valence-corrected chi connectivity index (χ2v) is 7.78. The Morgan fingerprint density at radius 1 is 1.13 bits per heavy atom. The van der Waals surface area contributed by atoms with Gasteiger partial charge >= 0.3 is 6.03 Å². The van der Waals surface area contributed by atoms with Gasteiger partial charge in [-0.3, -0.25) is 14.9 Å². The summed E-state index contributed by atoms with van der Waals surface area (Å²) < 4.78 is 13.6. The summed E-state index contributed by atoms with van der Waals surface area (Å²) >= 11 is 0. The van der Waals surface area contributed by atoms with Crippen LogP contribution in [0.5, 0.6) is 0 Å². The number of aromatic nitrogens is 3. The van der Waals surface area contributed by atoms with Crippen molar-refractivity contribution < 1.29 is 9.18 Å². The lowest BCUT2D eigenvalue weighted by Gasteiger charge is -2.34. The first-order valence-corrected chi connectivity index (χ1v) is 10.4. The molecule has 31 heavy (non-hydrogen) atoms. The fraction of sp³-hybridized carbons (Fsp3) is 0.304. The van der Waals surface area contributed by atoms with Crippen molar-refractivity contribution in [3.05, 3.63) is 60.4 Å². The zero-order valence-electron chi connectivity index (χ0n) is 17.4. The molecule has 1 aliphatic carbocycles. The number of nitrogens with zero attached hydrogens (tertiary/aromatic N) is 4. The van der Waals surface area contributed by atoms with Gasteiger partial charge in [0, 0.05) is 30.1 Å². The zero-order valence-corrected chi connectivity index (χ0v) is 17.4. The van der Waals surface area contributed by atoms with Crippen molar-refractivity contribution in [3.63, 3.8) is 0 Å². The number of urea groups is 1. The molecule has 3 aromatic rings. The highest BCUT2D eigenvalue weighted by Crippen LogP contribution is 2.33. The van der Waals surface area contributed by atoms with Gasteiger partial charge in [-0.1, -0.05) is 19.3 Å². The molecular weight excluding hydrogens is 395 g/mol. The normalized spacial score (nSPS) is 14.3. The summed E-state index contributed by atoms with van der Waals surface area (Å²) in [5, 5.41) is 2.75. The molecule has 0 saturated heterocycles. The van der Waals surface area contributed by atoms with E-state index in [1.54, 1.807) is 23.4 Å². The summed E-state index contributed by atoms with van der Waals surface area (Å²) in [5.41, 5.74) is 9.58. The van der Waals surface area contributed by atoms with Crippen LogP contribution in [0.1, 0.15) is 37.7 Å². The summed E-state index contributed by atoms with van der Waals surface area (Å²) in [6.07, 6.45) is 10.9. The number of nitrogens with two attached hydrogens (primary N) is 1. The smallest absolute Gasteiger partial charge is 0.327 e. The molecule has 2 amide bonds. The van der Waals surface area contributed by atoms with E-state index in [2.05, 4.69) is 15.3 Å². The van der Waals surface area contributed by atoms with E-state index in [4.69, 9.17) is 10.7 Å². The number of aryl methyl sites for hydroxylation is 1. The molecule has 0 spiro atoms. The van der Waals surface area contributed by atoms with E-state index >= 15 is 0 Å². The lowest BCUT2D eigenvalue weighted by Crippen LogP contribution is -2.45. The fourth-order valence-corrected chi connectivity index (χ4v) is 3.97. The number of nitrogens with one attached hydrogen (secondary N) is 1. The molecule has 0 bridgehead atoms. The predicted molar refractivity (Wildman–Crippen MR) is 119 cm³/mol. The van der Waals surface area contributed by atoms with E-state index in [9.17, 15) is 9.18 Å². The minimum absolute atomic E-state index is 0.0460. The molecule has 8 heteroatoms. The highest BCUT2D eigenvalue weighted by Gasteiger charge is 2.30. The molecule has 0 atom stereocenters. The van der Waals surface area contributed by atoms with Gasteiger partial charge in [0.1, 0.15) is 5.82 Å². The van der Waals surface area contributed by atoms with Crippen molar-refractivity contribution in [1.82, 2.24) is 15.0 Å². The van der Waals surface area contributed by atoms with Crippen LogP contribution in [-0.4, -0.2) is 27.0 Å². The zero-order chi connectivity index (χ0) is 21.8. The van der Waals surface area contributed by atoms with Gasteiger partial charge in [-0.05, 0) is 43.5 Å². The topological polar surface area (TPSA) is 97.0 Å². The van der Waals surface area contributed by atoms with Gasteiger partial charge < -0.3 is 11.1 Å². The Bertz CT molecular complexity index is 1080. The van der Waals surface area contributed by atoms with Gasteiger partial charge in [-0.25, -0.2) is 14.2 Å². The number of pyridine rings is 3. The maximum atomic E-state index is 13.6. The van der Waals surface area contributed by atoms with Crippen LogP contribution in [0.3, 0.4) is 0 Å². The molecule has 4 rings (SSSR count). The van der Waals surface area contributed by atoms with Gasteiger partial charge in [-0.15, -0.1) is 0 Å². The van der Waals surface area contributed by atoms with Gasteiger partial charge in [0.15, 0.2) is 5.82 Å². The number of hydrogen-bond donors (Lipinski definition) is 2. The van der Waals surface area contributed by atoms with Crippen molar-refractivity contribution in [3.8, 4) is 11.3 Å². The molecule has 1 fully saturated rings. The van der Waals surface area contributed by atoms with Crippen LogP contribution in [0.25, 0.3) is 11.3 Å². The molecular formula is C23H25FN6O. The number of nitrogen functional groups attached to an aromatic ring is 1. The molecule has 1 saturated carbocycles. The monoisotopic (exact) mass is 420 g/mol. The summed E-state index contributed by atoms with van der Waals surface area (Å²) in [6, 6.07) is 6.29. The van der Waals surface area contributed by atoms with E-state index in [0.717, 1.165) is 49.4 Å². The molecule has 3 aromatic heterocycles. The van der Waals surface area contributed by atoms with Crippen LogP contribution >= 0.6 is 0 Å². The SMILES string of the molecule is Cc1ccncc1-c1ccc(N)c(N(C(=O)Nc2cncc(F)c2)C2CCCCC2)n1. The molecule has 3 N–H and O–H groups in total. The van der Waals surface area contributed by atoms with E-state index in [-0.39, 0.29) is 11.7 Å². The summed E-state index contributed by atoms with van der Waals surface area (Å²) in [6.45, 7) is 1.98. The molecule has 3 heterocycles. The highest BCUT2D eigenvalue weighted by atomic mass is 19.1. The van der Waals surface area contributed by atoms with Crippen LogP contribution in [-0.2, 0) is 0 Å². The lowest BCUT2D eigenvalue weighted by atomic mass is 9.94. The Morgan fingerprint density at radius 2 is 1.94 bits per heavy atom. The Balaban J connectivity index is 1.73. The maximum absolute atomic E-state index is 13.6. The standard InChI is InChI=1S/C23H25FN6O/c1-15-9-10-26-14-19(15)21-8-7-20(25)22(29-21)30(18-5-3-2-4-6-18)23(31)28-17-11-16(24)12-27-13-17/h7-14,18H,2-6,25H2,1H3,(H,28,31). The Kier molecular flexibility index (Phi) is 6.06. The van der Waals surface area contributed by atoms with Crippen molar-refractivity contribution in [2.75, 3.05) is 16.0 Å². The maximum Gasteiger partial charge on any atom is 0.327 e. The summed E-state index contributed by atoms with van der Waals surface area (Å²) in [5.74, 6) is -0.122. The molecule has 0 unspecified atom stereocenters. The first kappa shape index (κ1) is 20.7. The number of rotatable bonds is 4. The molecule has 7 nitrogen and oxygen atoms in total. The molecule has 1 aliphatic rings. The minimum atomic E-state index is -0.520. The Labute approximate surface area is 180 Å². The van der Waals surface area contributed by atoms with Crippen molar-refractivity contribution >= 4 is 23.2 Å². The average Bonchev–Trinajstić information content (AvgIpc) is 2.76. The van der Waals surface area contributed by atoms with Crippen LogP contribution in [0.2, 0.25) is 0 Å². The number of hydrogen-bond acceptors (Lipinski definition) is 5. The molecule has 160 valence electrons. The van der Waals surface area contributed by atoms with Crippen LogP contribution in [0.4, 0.5) is 26.4 Å². The summed E-state index contributed by atoms with van der Waals surface area (Å²) in [4.78, 5) is 27.7. The lowest BCUT2D eigenvalue weighted by molar-refractivity contribution is 0.252. The van der Waals surface area contributed by atoms with E-state index in [1.807, 2.05) is 19.1 Å². The van der Waals surface area contributed by atoms with Gasteiger partial charge in [0.05, 0.1) is 29.5 Å². The van der Waals surface area contributed by atoms with Crippen LogP contribution < -0.4 is 16.0 Å². The average molecular weight is 420 g/mol. The largest absolute Gasteiger partial charge is 0.396 e. The number of carbonyl (C=O) groups excluding carboxylic acids is 1. The Hall–Kier alpha value is -3.55. The minimum Gasteiger partial charge on any atom is -0.396 e. The number of amides is 2. The second-order valence-electron chi connectivity index (χ2n) is 7.78. The van der Waals surface area contributed by atoms with E-state index < -0.39 is 11.8 Å². The van der Waals surface area contributed by atoms with Gasteiger partial charge in [0.25, 0.3) is 0 Å². The third-order valence-corrected chi connectivity index (χ3v) is 5.56. The van der Waals surface area contributed by atoms with E-state index in [1.165, 1.54) is 12.3 Å². The third kappa shape index (κ3) is 4.63. The van der Waals surface area contributed by atoms with Crippen LogP contribution in [0.15, 0.2) is 49.1 Å². The fourth-order valence-electron chi connectivity index (χ4n) is 3.97. The number of halogens is 1. The first-order valence-electron chi connectivity index (χ1n) is 10.4.